The number of hydrogen-bond acceptors (Lipinski definition) is 3. The number of anilines is 1. The van der Waals surface area contributed by atoms with E-state index in [2.05, 4.69) is 0 Å². The molecular formula is C13H18FNO2. The van der Waals surface area contributed by atoms with E-state index in [0.29, 0.717) is 18.4 Å². The van der Waals surface area contributed by atoms with Crippen LogP contribution in [0.15, 0.2) is 18.2 Å². The molecular weight excluding hydrogens is 221 g/mol. The predicted octanol–water partition coefficient (Wildman–Crippen LogP) is 2.75. The van der Waals surface area contributed by atoms with Gasteiger partial charge >= 0.3 is 0 Å². The molecule has 0 aromatic heterocycles. The zero-order valence-electron chi connectivity index (χ0n) is 9.82. The zero-order chi connectivity index (χ0) is 12.1. The van der Waals surface area contributed by atoms with Crippen LogP contribution in [-0.4, -0.2) is 19.3 Å². The highest BCUT2D eigenvalue weighted by Gasteiger charge is 2.14. The summed E-state index contributed by atoms with van der Waals surface area (Å²) < 4.78 is 24.2. The van der Waals surface area contributed by atoms with Crippen LogP contribution in [0.4, 0.5) is 10.1 Å². The maximum absolute atomic E-state index is 13.3. The first-order valence-corrected chi connectivity index (χ1v) is 6.05. The SMILES string of the molecule is Nc1ccc(OCCCC2CCCO2)c(F)c1. The van der Waals surface area contributed by atoms with Crippen molar-refractivity contribution in [3.8, 4) is 5.75 Å². The van der Waals surface area contributed by atoms with E-state index < -0.39 is 5.82 Å². The lowest BCUT2D eigenvalue weighted by Gasteiger charge is -2.10. The molecule has 0 spiro atoms. The van der Waals surface area contributed by atoms with Gasteiger partial charge in [0.1, 0.15) is 0 Å². The average molecular weight is 239 g/mol. The summed E-state index contributed by atoms with van der Waals surface area (Å²) in [6, 6.07) is 4.48. The Bertz CT molecular complexity index is 364. The molecule has 0 bridgehead atoms. The third-order valence-corrected chi connectivity index (χ3v) is 2.91. The Labute approximate surface area is 101 Å². The Morgan fingerprint density at radius 1 is 1.47 bits per heavy atom. The van der Waals surface area contributed by atoms with Gasteiger partial charge in [0.25, 0.3) is 0 Å². The van der Waals surface area contributed by atoms with Crippen molar-refractivity contribution < 1.29 is 13.9 Å². The first kappa shape index (κ1) is 12.2. The van der Waals surface area contributed by atoms with Crippen LogP contribution in [0.5, 0.6) is 5.75 Å². The van der Waals surface area contributed by atoms with Crippen molar-refractivity contribution in [3.63, 3.8) is 0 Å². The molecule has 1 heterocycles. The van der Waals surface area contributed by atoms with Gasteiger partial charge in [-0.3, -0.25) is 0 Å². The summed E-state index contributed by atoms with van der Waals surface area (Å²) in [6.07, 6.45) is 4.52. The summed E-state index contributed by atoms with van der Waals surface area (Å²) >= 11 is 0. The smallest absolute Gasteiger partial charge is 0.167 e. The van der Waals surface area contributed by atoms with E-state index in [4.69, 9.17) is 15.2 Å². The Hall–Kier alpha value is -1.29. The molecule has 1 aliphatic rings. The monoisotopic (exact) mass is 239 g/mol. The van der Waals surface area contributed by atoms with Crippen LogP contribution < -0.4 is 10.5 Å². The van der Waals surface area contributed by atoms with Crippen molar-refractivity contribution in [1.29, 1.82) is 0 Å². The van der Waals surface area contributed by atoms with Crippen LogP contribution in [0.3, 0.4) is 0 Å². The maximum Gasteiger partial charge on any atom is 0.167 e. The fourth-order valence-electron chi connectivity index (χ4n) is 2.00. The van der Waals surface area contributed by atoms with E-state index in [1.54, 1.807) is 12.1 Å². The predicted molar refractivity (Wildman–Crippen MR) is 64.5 cm³/mol. The molecule has 0 saturated carbocycles. The largest absolute Gasteiger partial charge is 0.491 e. The summed E-state index contributed by atoms with van der Waals surface area (Å²) in [6.45, 7) is 1.39. The average Bonchev–Trinajstić information content (AvgIpc) is 2.79. The molecule has 1 aromatic carbocycles. The van der Waals surface area contributed by atoms with E-state index in [1.807, 2.05) is 0 Å². The molecule has 1 aliphatic heterocycles. The first-order valence-electron chi connectivity index (χ1n) is 6.05. The molecule has 1 unspecified atom stereocenters. The van der Waals surface area contributed by atoms with Crippen LogP contribution in [-0.2, 0) is 4.74 Å². The van der Waals surface area contributed by atoms with Gasteiger partial charge in [-0.05, 0) is 37.8 Å². The lowest BCUT2D eigenvalue weighted by Crippen LogP contribution is -2.08. The second kappa shape index (κ2) is 5.87. The number of rotatable bonds is 5. The molecule has 4 heteroatoms. The second-order valence-electron chi connectivity index (χ2n) is 4.32. The fraction of sp³-hybridized carbons (Fsp3) is 0.538. The minimum absolute atomic E-state index is 0.270. The van der Waals surface area contributed by atoms with E-state index in [1.165, 1.54) is 6.07 Å². The summed E-state index contributed by atoms with van der Waals surface area (Å²) in [7, 11) is 0. The van der Waals surface area contributed by atoms with Gasteiger partial charge < -0.3 is 15.2 Å². The van der Waals surface area contributed by atoms with Crippen LogP contribution >= 0.6 is 0 Å². The molecule has 1 atom stereocenters. The zero-order valence-corrected chi connectivity index (χ0v) is 9.82. The molecule has 17 heavy (non-hydrogen) atoms. The molecule has 1 aromatic rings. The molecule has 1 fully saturated rings. The van der Waals surface area contributed by atoms with Gasteiger partial charge in [-0.25, -0.2) is 4.39 Å². The number of nitrogens with two attached hydrogens (primary N) is 1. The lowest BCUT2D eigenvalue weighted by atomic mass is 10.1. The number of halogens is 1. The van der Waals surface area contributed by atoms with Crippen molar-refractivity contribution >= 4 is 5.69 Å². The van der Waals surface area contributed by atoms with E-state index in [0.717, 1.165) is 32.3 Å². The number of nitrogen functional groups attached to an aromatic ring is 1. The summed E-state index contributed by atoms with van der Waals surface area (Å²) in [5, 5.41) is 0. The number of hydrogen-bond donors (Lipinski definition) is 1. The Balaban J connectivity index is 1.70. The minimum atomic E-state index is -0.401. The van der Waals surface area contributed by atoms with E-state index in [-0.39, 0.29) is 5.75 Å². The molecule has 94 valence electrons. The molecule has 0 aliphatic carbocycles. The molecule has 2 rings (SSSR count). The normalized spacial score (nSPS) is 19.5. The van der Waals surface area contributed by atoms with E-state index in [9.17, 15) is 4.39 Å². The number of benzene rings is 1. The van der Waals surface area contributed by atoms with Gasteiger partial charge in [0.15, 0.2) is 11.6 Å². The van der Waals surface area contributed by atoms with Crippen LogP contribution in [0.1, 0.15) is 25.7 Å². The molecule has 1 saturated heterocycles. The second-order valence-corrected chi connectivity index (χ2v) is 4.32. The summed E-state index contributed by atoms with van der Waals surface area (Å²) in [5.41, 5.74) is 5.86. The molecule has 2 N–H and O–H groups in total. The standard InChI is InChI=1S/C13H18FNO2/c14-12-9-10(15)5-6-13(12)17-8-2-4-11-3-1-7-16-11/h5-6,9,11H,1-4,7-8,15H2. The van der Waals surface area contributed by atoms with Gasteiger partial charge in [-0.2, -0.15) is 0 Å². The van der Waals surface area contributed by atoms with Gasteiger partial charge in [0.2, 0.25) is 0 Å². The third-order valence-electron chi connectivity index (χ3n) is 2.91. The molecule has 0 radical (unpaired) electrons. The highest BCUT2D eigenvalue weighted by Crippen LogP contribution is 2.20. The van der Waals surface area contributed by atoms with Crippen molar-refractivity contribution in [2.24, 2.45) is 0 Å². The van der Waals surface area contributed by atoms with Crippen LogP contribution in [0, 0.1) is 5.82 Å². The van der Waals surface area contributed by atoms with Crippen molar-refractivity contribution in [2.75, 3.05) is 18.9 Å². The van der Waals surface area contributed by atoms with E-state index >= 15 is 0 Å². The summed E-state index contributed by atoms with van der Waals surface area (Å²) in [4.78, 5) is 0. The minimum Gasteiger partial charge on any atom is -0.491 e. The fourth-order valence-corrected chi connectivity index (χ4v) is 2.00. The van der Waals surface area contributed by atoms with Crippen molar-refractivity contribution in [1.82, 2.24) is 0 Å². The molecule has 3 nitrogen and oxygen atoms in total. The van der Waals surface area contributed by atoms with Gasteiger partial charge in [-0.1, -0.05) is 0 Å². The quantitative estimate of drug-likeness (QED) is 0.634. The van der Waals surface area contributed by atoms with Crippen molar-refractivity contribution in [2.45, 2.75) is 31.8 Å². The highest BCUT2D eigenvalue weighted by atomic mass is 19.1. The van der Waals surface area contributed by atoms with Gasteiger partial charge in [0, 0.05) is 18.4 Å². The maximum atomic E-state index is 13.3. The van der Waals surface area contributed by atoms with Crippen LogP contribution in [0.25, 0.3) is 0 Å². The first-order chi connectivity index (χ1) is 8.25. The lowest BCUT2D eigenvalue weighted by molar-refractivity contribution is 0.0979. The Morgan fingerprint density at radius 3 is 3.06 bits per heavy atom. The number of ether oxygens (including phenoxy) is 2. The Kier molecular flexibility index (Phi) is 4.20. The van der Waals surface area contributed by atoms with Crippen molar-refractivity contribution in [3.05, 3.63) is 24.0 Å². The Morgan fingerprint density at radius 2 is 2.35 bits per heavy atom. The third kappa shape index (κ3) is 3.60. The molecule has 0 amide bonds. The van der Waals surface area contributed by atoms with Gasteiger partial charge in [0.05, 0.1) is 12.7 Å². The van der Waals surface area contributed by atoms with Crippen LogP contribution in [0.2, 0.25) is 0 Å². The summed E-state index contributed by atoms with van der Waals surface area (Å²) in [5.74, 6) is -0.131. The van der Waals surface area contributed by atoms with Gasteiger partial charge in [-0.15, -0.1) is 0 Å². The topological polar surface area (TPSA) is 44.5 Å². The highest BCUT2D eigenvalue weighted by molar-refractivity contribution is 5.42.